The molecule has 0 radical (unpaired) electrons. The van der Waals surface area contributed by atoms with Crippen LogP contribution in [-0.2, 0) is 11.3 Å². The highest BCUT2D eigenvalue weighted by atomic mass is 32.2. The van der Waals surface area contributed by atoms with Gasteiger partial charge in [0.25, 0.3) is 5.91 Å². The minimum Gasteiger partial charge on any atom is -0.405 e. The molecule has 3 N–H and O–H groups in total. The molecule has 1 amide bonds. The number of carbonyl (C=O) groups excluding carboxylic acids is 1. The third kappa shape index (κ3) is 5.09. The largest absolute Gasteiger partial charge is 0.405 e. The Morgan fingerprint density at radius 3 is 2.94 bits per heavy atom. The lowest BCUT2D eigenvalue weighted by Gasteiger charge is -2.21. The van der Waals surface area contributed by atoms with Gasteiger partial charge < -0.3 is 11.1 Å². The Morgan fingerprint density at radius 1 is 1.26 bits per heavy atom. The predicted octanol–water partition coefficient (Wildman–Crippen LogP) is 4.86. The van der Waals surface area contributed by atoms with Gasteiger partial charge in [0.05, 0.1) is 23.5 Å². The van der Waals surface area contributed by atoms with Crippen molar-refractivity contribution in [3.63, 3.8) is 0 Å². The van der Waals surface area contributed by atoms with E-state index in [1.807, 2.05) is 41.8 Å². The number of aliphatic imine (C=N–C) groups is 1. The van der Waals surface area contributed by atoms with Crippen LogP contribution in [-0.4, -0.2) is 22.9 Å². The summed E-state index contributed by atoms with van der Waals surface area (Å²) < 4.78 is 0. The van der Waals surface area contributed by atoms with Gasteiger partial charge in [-0.05, 0) is 35.9 Å². The number of nitrogens with one attached hydrogen (secondary N) is 1. The number of fused-ring (bicyclic) bond motifs is 2. The van der Waals surface area contributed by atoms with Gasteiger partial charge in [0.2, 0.25) is 0 Å². The summed E-state index contributed by atoms with van der Waals surface area (Å²) in [6, 6.07) is 12.3. The Kier molecular flexibility index (Phi) is 6.89. The average molecular weight is 448 g/mol. The van der Waals surface area contributed by atoms with E-state index in [1.165, 1.54) is 11.1 Å². The lowest BCUT2D eigenvalue weighted by molar-refractivity contribution is -0.117. The number of thioether (sulfide) groups is 1. The Labute approximate surface area is 191 Å². The first kappa shape index (κ1) is 21.4. The molecule has 0 bridgehead atoms. The number of hydrogen-bond donors (Lipinski definition) is 2. The molecule has 2 heterocycles. The number of carbonyl (C=O) groups is 1. The summed E-state index contributed by atoms with van der Waals surface area (Å²) >= 11 is 3.44. The van der Waals surface area contributed by atoms with Crippen LogP contribution in [0.3, 0.4) is 0 Å². The third-order valence-electron chi connectivity index (χ3n) is 5.19. The van der Waals surface area contributed by atoms with E-state index in [2.05, 4.69) is 48.7 Å². The van der Waals surface area contributed by atoms with Crippen molar-refractivity contribution in [3.05, 3.63) is 100 Å². The highest BCUT2D eigenvalue weighted by molar-refractivity contribution is 8.00. The summed E-state index contributed by atoms with van der Waals surface area (Å²) in [4.78, 5) is 20.2. The maximum atomic E-state index is 12.7. The lowest BCUT2D eigenvalue weighted by Crippen LogP contribution is -2.28. The molecule has 31 heavy (non-hydrogen) atoms. The van der Waals surface area contributed by atoms with Crippen molar-refractivity contribution in [2.24, 2.45) is 16.6 Å². The molecular formula is C25H25N3OS2. The van der Waals surface area contributed by atoms with Crippen LogP contribution in [0.25, 0.3) is 0 Å². The molecule has 6 heteroatoms. The number of benzene rings is 1. The molecule has 1 aromatic carbocycles. The number of allylic oxidation sites excluding steroid dienone is 3. The minimum atomic E-state index is -0.0965. The summed E-state index contributed by atoms with van der Waals surface area (Å²) in [7, 11) is 0. The van der Waals surface area contributed by atoms with Crippen LogP contribution in [0.4, 0.5) is 0 Å². The van der Waals surface area contributed by atoms with Crippen LogP contribution in [0, 0.1) is 5.92 Å². The number of nitrogens with two attached hydrogens (primary N) is 1. The molecule has 4 nitrogen and oxygen atoms in total. The average Bonchev–Trinajstić information content (AvgIpc) is 3.25. The molecule has 0 saturated carbocycles. The summed E-state index contributed by atoms with van der Waals surface area (Å²) in [5, 5.41) is 5.19. The second kappa shape index (κ2) is 9.98. The normalized spacial score (nSPS) is 21.2. The van der Waals surface area contributed by atoms with Crippen LogP contribution >= 0.6 is 23.1 Å². The minimum absolute atomic E-state index is 0.0624. The molecule has 1 aliphatic heterocycles. The van der Waals surface area contributed by atoms with Gasteiger partial charge in [0, 0.05) is 26.8 Å². The van der Waals surface area contributed by atoms with Crippen molar-refractivity contribution in [2.45, 2.75) is 29.7 Å². The Balaban J connectivity index is 1.61. The van der Waals surface area contributed by atoms with Crippen LogP contribution in [0.5, 0.6) is 0 Å². The fraction of sp³-hybridized carbons (Fsp3) is 0.200. The van der Waals surface area contributed by atoms with Crippen LogP contribution < -0.4 is 11.1 Å². The maximum absolute atomic E-state index is 12.7. The van der Waals surface area contributed by atoms with Gasteiger partial charge in [0.15, 0.2) is 0 Å². The molecule has 3 unspecified atom stereocenters. The maximum Gasteiger partial charge on any atom is 0.251 e. The molecular weight excluding hydrogens is 422 g/mol. The van der Waals surface area contributed by atoms with E-state index in [0.29, 0.717) is 12.1 Å². The molecule has 0 fully saturated rings. The smallest absolute Gasteiger partial charge is 0.251 e. The number of thiophene rings is 1. The number of nitrogens with zero attached hydrogens (tertiary/aromatic N) is 1. The zero-order valence-electron chi connectivity index (χ0n) is 17.3. The predicted molar refractivity (Wildman–Crippen MR) is 131 cm³/mol. The fourth-order valence-corrected chi connectivity index (χ4v) is 5.44. The van der Waals surface area contributed by atoms with Crippen LogP contribution in [0.1, 0.15) is 17.4 Å². The SMILES string of the molecule is CC(/C=C\C=C/N)C1=NC2C=C(C(=O)NCc3cccs3)C=CC2Sc2ccccc21. The lowest BCUT2D eigenvalue weighted by atomic mass is 9.96. The fourth-order valence-electron chi connectivity index (χ4n) is 3.61. The zero-order chi connectivity index (χ0) is 21.6. The van der Waals surface area contributed by atoms with E-state index in [-0.39, 0.29) is 23.1 Å². The van der Waals surface area contributed by atoms with Gasteiger partial charge >= 0.3 is 0 Å². The molecule has 2 aromatic rings. The van der Waals surface area contributed by atoms with E-state index in [4.69, 9.17) is 10.7 Å². The van der Waals surface area contributed by atoms with E-state index >= 15 is 0 Å². The van der Waals surface area contributed by atoms with E-state index in [0.717, 1.165) is 16.2 Å². The number of hydrogen-bond acceptors (Lipinski definition) is 5. The molecule has 0 spiro atoms. The molecule has 1 aromatic heterocycles. The quantitative estimate of drug-likeness (QED) is 0.622. The molecule has 2 aliphatic rings. The first-order valence-electron chi connectivity index (χ1n) is 10.2. The van der Waals surface area contributed by atoms with Gasteiger partial charge in [-0.15, -0.1) is 23.1 Å². The van der Waals surface area contributed by atoms with Gasteiger partial charge in [-0.1, -0.05) is 55.5 Å². The van der Waals surface area contributed by atoms with Gasteiger partial charge in [0.1, 0.15) is 0 Å². The highest BCUT2D eigenvalue weighted by Crippen LogP contribution is 2.38. The van der Waals surface area contributed by atoms with Gasteiger partial charge in [-0.25, -0.2) is 0 Å². The van der Waals surface area contributed by atoms with Crippen LogP contribution in [0.2, 0.25) is 0 Å². The molecule has 0 saturated heterocycles. The van der Waals surface area contributed by atoms with E-state index in [9.17, 15) is 4.79 Å². The monoisotopic (exact) mass is 447 g/mol. The van der Waals surface area contributed by atoms with E-state index in [1.54, 1.807) is 23.1 Å². The van der Waals surface area contributed by atoms with Gasteiger partial charge in [-0.3, -0.25) is 9.79 Å². The summed E-state index contributed by atoms with van der Waals surface area (Å²) in [5.41, 5.74) is 8.32. The standard InChI is InChI=1S/C25H25N3OS2/c1-17(7-4-5-13-26)24-20-9-2-3-10-22(20)31-23-12-11-18(15-21(23)28-24)25(29)27-16-19-8-6-14-30-19/h2-15,17,21,23H,16,26H2,1H3,(H,27,29)/b7-4-,13-5-. The number of amides is 1. The molecule has 4 rings (SSSR count). The summed E-state index contributed by atoms with van der Waals surface area (Å²) in [6.07, 6.45) is 13.4. The Bertz CT molecular complexity index is 1080. The highest BCUT2D eigenvalue weighted by Gasteiger charge is 2.29. The Hall–Kier alpha value is -2.83. The van der Waals surface area contributed by atoms with Crippen molar-refractivity contribution in [1.29, 1.82) is 0 Å². The first-order chi connectivity index (χ1) is 15.2. The molecule has 3 atom stereocenters. The number of rotatable bonds is 6. The molecule has 158 valence electrons. The summed E-state index contributed by atoms with van der Waals surface area (Å²) in [5.74, 6) is 0.0553. The summed E-state index contributed by atoms with van der Waals surface area (Å²) in [6.45, 7) is 2.68. The third-order valence-corrected chi connectivity index (χ3v) is 7.38. The second-order valence-corrected chi connectivity index (χ2v) is 9.64. The van der Waals surface area contributed by atoms with E-state index < -0.39 is 0 Å². The van der Waals surface area contributed by atoms with Crippen molar-refractivity contribution < 1.29 is 4.79 Å². The topological polar surface area (TPSA) is 67.5 Å². The van der Waals surface area contributed by atoms with Crippen molar-refractivity contribution >= 4 is 34.7 Å². The van der Waals surface area contributed by atoms with Crippen LogP contribution in [0.15, 0.2) is 99.9 Å². The van der Waals surface area contributed by atoms with Gasteiger partial charge in [-0.2, -0.15) is 0 Å². The first-order valence-corrected chi connectivity index (χ1v) is 12.0. The van der Waals surface area contributed by atoms with Crippen molar-refractivity contribution in [2.75, 3.05) is 0 Å². The van der Waals surface area contributed by atoms with Crippen molar-refractivity contribution in [3.8, 4) is 0 Å². The molecule has 1 aliphatic carbocycles. The van der Waals surface area contributed by atoms with Crippen molar-refractivity contribution in [1.82, 2.24) is 5.32 Å². The Morgan fingerprint density at radius 2 is 2.13 bits per heavy atom. The second-order valence-electron chi connectivity index (χ2n) is 7.39. The zero-order valence-corrected chi connectivity index (χ0v) is 18.9.